The van der Waals surface area contributed by atoms with Crippen molar-refractivity contribution < 1.29 is 9.59 Å². The number of Topliss-reactive ketones (excluding diaryl/α,β-unsaturated/α-hetero) is 2. The predicted octanol–water partition coefficient (Wildman–Crippen LogP) is 1.22. The Balaban J connectivity index is 2.76. The number of ketones is 2. The standard InChI is InChI=1S/C10H14N2O2/c1-7(6-8(2)13)10(14)9-4-5-11-12(9)3/h4-5,7H,6H2,1-3H3. The molecule has 1 atom stereocenters. The van der Waals surface area contributed by atoms with Crippen LogP contribution in [0.1, 0.15) is 30.8 Å². The Morgan fingerprint density at radius 3 is 2.64 bits per heavy atom. The molecule has 0 saturated heterocycles. The van der Waals surface area contributed by atoms with E-state index in [4.69, 9.17) is 0 Å². The van der Waals surface area contributed by atoms with Crippen LogP contribution in [-0.2, 0) is 11.8 Å². The lowest BCUT2D eigenvalue weighted by molar-refractivity contribution is -0.117. The van der Waals surface area contributed by atoms with Crippen LogP contribution in [0.15, 0.2) is 12.3 Å². The van der Waals surface area contributed by atoms with Crippen molar-refractivity contribution in [3.8, 4) is 0 Å². The van der Waals surface area contributed by atoms with Crippen LogP contribution in [0.4, 0.5) is 0 Å². The summed E-state index contributed by atoms with van der Waals surface area (Å²) >= 11 is 0. The number of rotatable bonds is 4. The van der Waals surface area contributed by atoms with Crippen molar-refractivity contribution in [3.05, 3.63) is 18.0 Å². The summed E-state index contributed by atoms with van der Waals surface area (Å²) in [6.45, 7) is 3.25. The molecule has 76 valence electrons. The molecule has 0 amide bonds. The van der Waals surface area contributed by atoms with E-state index in [0.717, 1.165) is 0 Å². The minimum atomic E-state index is -0.261. The molecule has 0 saturated carbocycles. The summed E-state index contributed by atoms with van der Waals surface area (Å²) in [6.07, 6.45) is 1.87. The number of aromatic nitrogens is 2. The second-order valence-electron chi connectivity index (χ2n) is 3.51. The van der Waals surface area contributed by atoms with Gasteiger partial charge in [0.2, 0.25) is 0 Å². The SMILES string of the molecule is CC(=O)CC(C)C(=O)c1ccnn1C. The van der Waals surface area contributed by atoms with E-state index in [-0.39, 0.29) is 17.5 Å². The van der Waals surface area contributed by atoms with Gasteiger partial charge in [-0.1, -0.05) is 6.92 Å². The van der Waals surface area contributed by atoms with E-state index < -0.39 is 0 Å². The van der Waals surface area contributed by atoms with Gasteiger partial charge in [0.05, 0.1) is 0 Å². The van der Waals surface area contributed by atoms with E-state index in [1.165, 1.54) is 11.6 Å². The zero-order chi connectivity index (χ0) is 10.7. The van der Waals surface area contributed by atoms with Gasteiger partial charge < -0.3 is 4.79 Å². The first-order valence-electron chi connectivity index (χ1n) is 4.54. The molecular weight excluding hydrogens is 180 g/mol. The molecule has 1 aromatic heterocycles. The molecule has 1 heterocycles. The Hall–Kier alpha value is -1.45. The molecule has 4 nitrogen and oxygen atoms in total. The van der Waals surface area contributed by atoms with Gasteiger partial charge in [-0.3, -0.25) is 9.48 Å². The van der Waals surface area contributed by atoms with Crippen molar-refractivity contribution in [2.75, 3.05) is 0 Å². The van der Waals surface area contributed by atoms with E-state index >= 15 is 0 Å². The highest BCUT2D eigenvalue weighted by Crippen LogP contribution is 2.11. The Bertz CT molecular complexity index is 355. The van der Waals surface area contributed by atoms with Crippen molar-refractivity contribution in [3.63, 3.8) is 0 Å². The molecule has 0 spiro atoms. The molecular formula is C10H14N2O2. The topological polar surface area (TPSA) is 52.0 Å². The third-order valence-electron chi connectivity index (χ3n) is 2.11. The maximum Gasteiger partial charge on any atom is 0.184 e. The average molecular weight is 194 g/mol. The fourth-order valence-electron chi connectivity index (χ4n) is 1.39. The Morgan fingerprint density at radius 2 is 2.21 bits per heavy atom. The van der Waals surface area contributed by atoms with Crippen molar-refractivity contribution in [2.45, 2.75) is 20.3 Å². The van der Waals surface area contributed by atoms with E-state index in [0.29, 0.717) is 12.1 Å². The largest absolute Gasteiger partial charge is 0.300 e. The van der Waals surface area contributed by atoms with Crippen LogP contribution in [0.2, 0.25) is 0 Å². The summed E-state index contributed by atoms with van der Waals surface area (Å²) in [6, 6.07) is 1.67. The molecule has 1 aromatic rings. The van der Waals surface area contributed by atoms with E-state index in [9.17, 15) is 9.59 Å². The van der Waals surface area contributed by atoms with Crippen LogP contribution < -0.4 is 0 Å². The number of hydrogen-bond donors (Lipinski definition) is 0. The third kappa shape index (κ3) is 2.28. The second kappa shape index (κ2) is 4.17. The Kier molecular flexibility index (Phi) is 3.17. The normalized spacial score (nSPS) is 12.5. The fraction of sp³-hybridized carbons (Fsp3) is 0.500. The lowest BCUT2D eigenvalue weighted by Crippen LogP contribution is -2.17. The van der Waals surface area contributed by atoms with E-state index in [1.807, 2.05) is 0 Å². The smallest absolute Gasteiger partial charge is 0.184 e. The first-order chi connectivity index (χ1) is 6.52. The fourth-order valence-corrected chi connectivity index (χ4v) is 1.39. The zero-order valence-electron chi connectivity index (χ0n) is 8.65. The van der Waals surface area contributed by atoms with Crippen LogP contribution in [-0.4, -0.2) is 21.3 Å². The monoisotopic (exact) mass is 194 g/mol. The summed E-state index contributed by atoms with van der Waals surface area (Å²) in [7, 11) is 1.72. The van der Waals surface area contributed by atoms with Gasteiger partial charge in [0.15, 0.2) is 5.78 Å². The van der Waals surface area contributed by atoms with Crippen molar-refractivity contribution in [1.82, 2.24) is 9.78 Å². The van der Waals surface area contributed by atoms with Gasteiger partial charge >= 0.3 is 0 Å². The Labute approximate surface area is 82.9 Å². The van der Waals surface area contributed by atoms with Gasteiger partial charge in [0.25, 0.3) is 0 Å². The third-order valence-corrected chi connectivity index (χ3v) is 2.11. The molecule has 0 radical (unpaired) electrons. The molecule has 0 aromatic carbocycles. The van der Waals surface area contributed by atoms with E-state index in [1.54, 1.807) is 26.2 Å². The molecule has 0 aliphatic rings. The van der Waals surface area contributed by atoms with Crippen LogP contribution in [0.25, 0.3) is 0 Å². The predicted molar refractivity (Wildman–Crippen MR) is 52.0 cm³/mol. The van der Waals surface area contributed by atoms with Gasteiger partial charge in [-0.2, -0.15) is 5.10 Å². The lowest BCUT2D eigenvalue weighted by Gasteiger charge is -2.07. The number of nitrogens with zero attached hydrogens (tertiary/aromatic N) is 2. The Morgan fingerprint density at radius 1 is 1.57 bits per heavy atom. The van der Waals surface area contributed by atoms with Gasteiger partial charge in [-0.25, -0.2) is 0 Å². The first-order valence-corrected chi connectivity index (χ1v) is 4.54. The highest BCUT2D eigenvalue weighted by Gasteiger charge is 2.19. The first kappa shape index (κ1) is 10.6. The summed E-state index contributed by atoms with van der Waals surface area (Å²) in [5, 5.41) is 3.91. The number of carbonyl (C=O) groups excluding carboxylic acids is 2. The molecule has 0 aliphatic heterocycles. The number of carbonyl (C=O) groups is 2. The average Bonchev–Trinajstić information content (AvgIpc) is 2.48. The summed E-state index contributed by atoms with van der Waals surface area (Å²) in [4.78, 5) is 22.6. The van der Waals surface area contributed by atoms with E-state index in [2.05, 4.69) is 5.10 Å². The van der Waals surface area contributed by atoms with Gasteiger partial charge in [0.1, 0.15) is 11.5 Å². The quantitative estimate of drug-likeness (QED) is 0.677. The van der Waals surface area contributed by atoms with Crippen LogP contribution in [0.5, 0.6) is 0 Å². The minimum Gasteiger partial charge on any atom is -0.300 e. The maximum atomic E-state index is 11.7. The van der Waals surface area contributed by atoms with Crippen molar-refractivity contribution in [2.24, 2.45) is 13.0 Å². The highest BCUT2D eigenvalue weighted by atomic mass is 16.1. The molecule has 0 aliphatic carbocycles. The summed E-state index contributed by atoms with van der Waals surface area (Å²) < 4.78 is 1.53. The molecule has 0 fully saturated rings. The summed E-state index contributed by atoms with van der Waals surface area (Å²) in [5.41, 5.74) is 0.554. The zero-order valence-corrected chi connectivity index (χ0v) is 8.65. The van der Waals surface area contributed by atoms with Gasteiger partial charge in [-0.05, 0) is 13.0 Å². The molecule has 1 unspecified atom stereocenters. The molecule has 0 N–H and O–H groups in total. The van der Waals surface area contributed by atoms with Crippen molar-refractivity contribution in [1.29, 1.82) is 0 Å². The summed E-state index contributed by atoms with van der Waals surface area (Å²) in [5.74, 6) is -0.254. The van der Waals surface area contributed by atoms with Crippen LogP contribution in [0, 0.1) is 5.92 Å². The van der Waals surface area contributed by atoms with Crippen LogP contribution in [0.3, 0.4) is 0 Å². The molecule has 4 heteroatoms. The highest BCUT2D eigenvalue weighted by molar-refractivity contribution is 5.98. The maximum absolute atomic E-state index is 11.7. The molecule has 14 heavy (non-hydrogen) atoms. The second-order valence-corrected chi connectivity index (χ2v) is 3.51. The minimum absolute atomic E-state index is 0.0276. The molecule has 1 rings (SSSR count). The number of aryl methyl sites for hydroxylation is 1. The lowest BCUT2D eigenvalue weighted by atomic mass is 9.98. The van der Waals surface area contributed by atoms with Crippen LogP contribution >= 0.6 is 0 Å². The van der Waals surface area contributed by atoms with Crippen molar-refractivity contribution >= 4 is 11.6 Å². The molecule has 0 bridgehead atoms. The number of hydrogen-bond acceptors (Lipinski definition) is 3. The van der Waals surface area contributed by atoms with Gasteiger partial charge in [-0.15, -0.1) is 0 Å². The van der Waals surface area contributed by atoms with Gasteiger partial charge in [0, 0.05) is 25.6 Å².